The molecule has 3 aromatic rings. The third-order valence-electron chi connectivity index (χ3n) is 5.08. The fourth-order valence-corrected chi connectivity index (χ4v) is 4.18. The lowest BCUT2D eigenvalue weighted by molar-refractivity contribution is -0.136. The van der Waals surface area contributed by atoms with E-state index in [1.54, 1.807) is 39.5 Å². The van der Waals surface area contributed by atoms with E-state index in [1.165, 1.54) is 5.01 Å². The molecule has 4 rings (SSSR count). The van der Waals surface area contributed by atoms with Crippen molar-refractivity contribution >= 4 is 34.1 Å². The minimum absolute atomic E-state index is 0.330. The molecule has 0 saturated carbocycles. The summed E-state index contributed by atoms with van der Waals surface area (Å²) in [7, 11) is 3.30. The molecule has 2 aromatic heterocycles. The maximum absolute atomic E-state index is 13.0. The number of methoxy groups -OCH3 is 1. The van der Waals surface area contributed by atoms with E-state index < -0.39 is 24.5 Å². The van der Waals surface area contributed by atoms with Crippen molar-refractivity contribution < 1.29 is 23.5 Å². The van der Waals surface area contributed by atoms with E-state index in [9.17, 15) is 9.59 Å². The molecule has 1 aliphatic rings. The summed E-state index contributed by atoms with van der Waals surface area (Å²) in [6.07, 6.45) is 2.02. The molecule has 166 valence electrons. The predicted octanol–water partition coefficient (Wildman–Crippen LogP) is 3.63. The Labute approximate surface area is 188 Å². The van der Waals surface area contributed by atoms with Gasteiger partial charge in [0.2, 0.25) is 0 Å². The van der Waals surface area contributed by atoms with Crippen LogP contribution in [0, 0.1) is 6.92 Å². The summed E-state index contributed by atoms with van der Waals surface area (Å²) in [5, 5.41) is 9.36. The summed E-state index contributed by atoms with van der Waals surface area (Å²) >= 11 is 1.16. The van der Waals surface area contributed by atoms with Crippen molar-refractivity contribution in [2.45, 2.75) is 19.4 Å². The van der Waals surface area contributed by atoms with Gasteiger partial charge in [-0.2, -0.15) is 9.47 Å². The van der Waals surface area contributed by atoms with E-state index in [0.29, 0.717) is 28.4 Å². The lowest BCUT2D eigenvalue weighted by Gasteiger charge is -2.19. The van der Waals surface area contributed by atoms with Crippen LogP contribution in [0.5, 0.6) is 5.75 Å². The zero-order chi connectivity index (χ0) is 22.7. The van der Waals surface area contributed by atoms with Crippen LogP contribution in [0.25, 0.3) is 0 Å². The number of furan rings is 1. The van der Waals surface area contributed by atoms with Gasteiger partial charge in [-0.3, -0.25) is 4.79 Å². The number of hydrazone groups is 1. The van der Waals surface area contributed by atoms with Crippen LogP contribution in [0.4, 0.5) is 5.00 Å². The maximum atomic E-state index is 13.0. The Kier molecular flexibility index (Phi) is 6.22. The van der Waals surface area contributed by atoms with E-state index in [2.05, 4.69) is 14.8 Å². The number of hydrogen-bond acceptors (Lipinski definition) is 9. The third kappa shape index (κ3) is 4.22. The van der Waals surface area contributed by atoms with Gasteiger partial charge in [0.1, 0.15) is 28.1 Å². The van der Waals surface area contributed by atoms with Crippen molar-refractivity contribution in [2.24, 2.45) is 5.10 Å². The van der Waals surface area contributed by atoms with Crippen molar-refractivity contribution in [2.75, 3.05) is 26.1 Å². The summed E-state index contributed by atoms with van der Waals surface area (Å²) in [5.41, 5.74) is 2.47. The predicted molar refractivity (Wildman–Crippen MR) is 119 cm³/mol. The van der Waals surface area contributed by atoms with Crippen LogP contribution in [-0.2, 0) is 9.53 Å². The van der Waals surface area contributed by atoms with Crippen molar-refractivity contribution in [3.8, 4) is 5.75 Å². The summed E-state index contributed by atoms with van der Waals surface area (Å²) in [6.45, 7) is 1.27. The lowest BCUT2D eigenvalue weighted by Crippen LogP contribution is -2.31. The summed E-state index contributed by atoms with van der Waals surface area (Å²) in [5.74, 6) is 0.276. The van der Waals surface area contributed by atoms with Crippen LogP contribution >= 0.6 is 11.5 Å². The molecule has 32 heavy (non-hydrogen) atoms. The molecule has 0 spiro atoms. The molecule has 1 N–H and O–H groups in total. The van der Waals surface area contributed by atoms with Gasteiger partial charge in [-0.1, -0.05) is 0 Å². The Morgan fingerprint density at radius 2 is 2.06 bits per heavy atom. The number of aromatic nitrogens is 1. The second-order valence-electron chi connectivity index (χ2n) is 7.05. The number of ether oxygens (including phenoxy) is 2. The number of rotatable bonds is 7. The summed E-state index contributed by atoms with van der Waals surface area (Å²) in [6, 6.07) is 10.6. The van der Waals surface area contributed by atoms with Crippen molar-refractivity contribution in [1.29, 1.82) is 0 Å². The molecule has 10 heteroatoms. The molecule has 0 unspecified atom stereocenters. The topological polar surface area (TPSA) is 106 Å². The van der Waals surface area contributed by atoms with E-state index in [1.807, 2.05) is 24.3 Å². The number of nitrogens with zero attached hydrogens (tertiary/aromatic N) is 3. The number of anilines is 1. The second kappa shape index (κ2) is 9.23. The molecular weight excluding hydrogens is 432 g/mol. The number of carbonyl (C=O) groups is 2. The number of nitrogens with one attached hydrogen (secondary N) is 1. The fourth-order valence-electron chi connectivity index (χ4n) is 3.45. The van der Waals surface area contributed by atoms with E-state index >= 15 is 0 Å². The molecule has 9 nitrogen and oxygen atoms in total. The van der Waals surface area contributed by atoms with E-state index in [4.69, 9.17) is 13.9 Å². The number of benzene rings is 1. The smallest absolute Gasteiger partial charge is 0.343 e. The highest BCUT2D eigenvalue weighted by molar-refractivity contribution is 7.10. The van der Waals surface area contributed by atoms with Gasteiger partial charge < -0.3 is 19.2 Å². The largest absolute Gasteiger partial charge is 0.497 e. The minimum Gasteiger partial charge on any atom is -0.497 e. The van der Waals surface area contributed by atoms with Gasteiger partial charge >= 0.3 is 5.97 Å². The number of hydrogen-bond donors (Lipinski definition) is 1. The van der Waals surface area contributed by atoms with Crippen LogP contribution in [-0.4, -0.2) is 47.7 Å². The average Bonchev–Trinajstić information content (AvgIpc) is 3.56. The Morgan fingerprint density at radius 1 is 1.28 bits per heavy atom. The second-order valence-corrected chi connectivity index (χ2v) is 7.82. The molecule has 0 saturated heterocycles. The van der Waals surface area contributed by atoms with Gasteiger partial charge in [0.05, 0.1) is 24.8 Å². The Balaban J connectivity index is 1.52. The Bertz CT molecular complexity index is 1140. The van der Waals surface area contributed by atoms with E-state index in [0.717, 1.165) is 28.6 Å². The number of esters is 1. The van der Waals surface area contributed by atoms with Gasteiger partial charge in [-0.05, 0) is 60.4 Å². The molecular formula is C22H22N4O5S. The van der Waals surface area contributed by atoms with Crippen LogP contribution in [0.2, 0.25) is 0 Å². The zero-order valence-corrected chi connectivity index (χ0v) is 18.6. The van der Waals surface area contributed by atoms with Gasteiger partial charge in [0.25, 0.3) is 5.91 Å². The van der Waals surface area contributed by atoms with Crippen LogP contribution in [0.3, 0.4) is 0 Å². The van der Waals surface area contributed by atoms with Crippen LogP contribution < -0.4 is 10.1 Å². The highest BCUT2D eigenvalue weighted by Gasteiger charge is 2.35. The molecule has 0 radical (unpaired) electrons. The van der Waals surface area contributed by atoms with Crippen molar-refractivity contribution in [3.05, 3.63) is 65.2 Å². The zero-order valence-electron chi connectivity index (χ0n) is 17.8. The first kappa shape index (κ1) is 21.6. The normalized spacial score (nSPS) is 15.4. The first-order valence-corrected chi connectivity index (χ1v) is 10.7. The van der Waals surface area contributed by atoms with Crippen LogP contribution in [0.15, 0.2) is 52.2 Å². The number of aryl methyl sites for hydroxylation is 1. The standard InChI is InChI=1S/C22H22N4O5S/c1-13-20(21(23-2)32-25-13)22(28)31-12-19(27)26-17(18-5-4-10-30-18)11-16(24-26)14-6-8-15(29-3)9-7-14/h4-10,17,23H,11-12H2,1-3H3/t17-/m0/s1. The van der Waals surface area contributed by atoms with Crippen LogP contribution in [0.1, 0.15) is 39.8 Å². The number of carbonyl (C=O) groups excluding carboxylic acids is 2. The molecule has 1 aromatic carbocycles. The van der Waals surface area contributed by atoms with Gasteiger partial charge in [0, 0.05) is 13.5 Å². The van der Waals surface area contributed by atoms with Crippen molar-refractivity contribution in [3.63, 3.8) is 0 Å². The monoisotopic (exact) mass is 454 g/mol. The molecule has 0 aliphatic carbocycles. The molecule has 0 bridgehead atoms. The number of amides is 1. The quantitative estimate of drug-likeness (QED) is 0.543. The first-order valence-electron chi connectivity index (χ1n) is 9.90. The Hall–Kier alpha value is -3.66. The fraction of sp³-hybridized carbons (Fsp3) is 0.273. The minimum atomic E-state index is -0.609. The molecule has 0 fully saturated rings. The highest BCUT2D eigenvalue weighted by Crippen LogP contribution is 2.33. The molecule has 1 atom stereocenters. The molecule has 1 amide bonds. The van der Waals surface area contributed by atoms with Gasteiger partial charge in [-0.15, -0.1) is 0 Å². The maximum Gasteiger partial charge on any atom is 0.343 e. The summed E-state index contributed by atoms with van der Waals surface area (Å²) in [4.78, 5) is 25.5. The lowest BCUT2D eigenvalue weighted by atomic mass is 10.0. The van der Waals surface area contributed by atoms with Gasteiger partial charge in [0.15, 0.2) is 6.61 Å². The van der Waals surface area contributed by atoms with Crippen molar-refractivity contribution in [1.82, 2.24) is 9.38 Å². The summed E-state index contributed by atoms with van der Waals surface area (Å²) < 4.78 is 20.2. The molecule has 3 heterocycles. The Morgan fingerprint density at radius 3 is 2.72 bits per heavy atom. The highest BCUT2D eigenvalue weighted by atomic mass is 32.1. The average molecular weight is 455 g/mol. The molecule has 1 aliphatic heterocycles. The van der Waals surface area contributed by atoms with E-state index in [-0.39, 0.29) is 0 Å². The third-order valence-corrected chi connectivity index (χ3v) is 6.04. The van der Waals surface area contributed by atoms with Gasteiger partial charge in [-0.25, -0.2) is 9.80 Å². The first-order chi connectivity index (χ1) is 15.5. The SMILES string of the molecule is CNc1snc(C)c1C(=O)OCC(=O)N1N=C(c2ccc(OC)cc2)C[C@H]1c1ccco1.